The summed E-state index contributed by atoms with van der Waals surface area (Å²) in [5.41, 5.74) is 3.59. The average molecular weight is 484 g/mol. The van der Waals surface area contributed by atoms with Crippen molar-refractivity contribution in [2.24, 2.45) is 29.4 Å². The van der Waals surface area contributed by atoms with Gasteiger partial charge in [0.2, 0.25) is 5.91 Å². The lowest BCUT2D eigenvalue weighted by Gasteiger charge is -2.48. The highest BCUT2D eigenvalue weighted by molar-refractivity contribution is 6.31. The quantitative estimate of drug-likeness (QED) is 0.337. The van der Waals surface area contributed by atoms with Gasteiger partial charge in [0, 0.05) is 18.4 Å². The van der Waals surface area contributed by atoms with Gasteiger partial charge in [-0.3, -0.25) is 24.0 Å². The number of ketones is 4. The van der Waals surface area contributed by atoms with Gasteiger partial charge in [-0.1, -0.05) is 6.07 Å². The Morgan fingerprint density at radius 2 is 1.80 bits per heavy atom. The van der Waals surface area contributed by atoms with E-state index >= 15 is 0 Å². The molecule has 10 heteroatoms. The average Bonchev–Trinajstić information content (AvgIpc) is 2.79. The first-order chi connectivity index (χ1) is 16.5. The molecule has 3 fully saturated rings. The van der Waals surface area contributed by atoms with Crippen LogP contribution in [0.4, 0.5) is 5.69 Å². The van der Waals surface area contributed by atoms with E-state index in [1.165, 1.54) is 0 Å². The summed E-state index contributed by atoms with van der Waals surface area (Å²) in [6, 6.07) is 3.61. The van der Waals surface area contributed by atoms with Crippen molar-refractivity contribution in [2.45, 2.75) is 43.7 Å². The van der Waals surface area contributed by atoms with Crippen LogP contribution < -0.4 is 11.1 Å². The van der Waals surface area contributed by atoms with Gasteiger partial charge in [0.25, 0.3) is 0 Å². The van der Waals surface area contributed by atoms with Crippen molar-refractivity contribution in [3.05, 3.63) is 23.3 Å². The number of nitrogens with two attached hydrogens (primary N) is 1. The number of piperidine rings is 1. The summed E-state index contributed by atoms with van der Waals surface area (Å²) in [5.74, 6) is -9.87. The molecule has 2 unspecified atom stereocenters. The summed E-state index contributed by atoms with van der Waals surface area (Å²) < 4.78 is 0. The van der Waals surface area contributed by atoms with Crippen LogP contribution in [0.15, 0.2) is 12.1 Å². The van der Waals surface area contributed by atoms with Crippen LogP contribution in [0.3, 0.4) is 0 Å². The van der Waals surface area contributed by atoms with Crippen molar-refractivity contribution in [3.63, 3.8) is 0 Å². The molecule has 10 nitrogen and oxygen atoms in total. The van der Waals surface area contributed by atoms with E-state index < -0.39 is 58.3 Å². The normalized spacial score (nSPS) is 33.7. The number of likely N-dealkylation sites (tertiary alicyclic amines) is 1. The predicted octanol–water partition coefficient (Wildman–Crippen LogP) is -0.167. The zero-order valence-corrected chi connectivity index (χ0v) is 19.5. The molecule has 35 heavy (non-hydrogen) atoms. The van der Waals surface area contributed by atoms with Crippen molar-refractivity contribution in [1.29, 1.82) is 0 Å². The molecule has 4 aliphatic rings. The second-order valence-electron chi connectivity index (χ2n) is 10.5. The van der Waals surface area contributed by atoms with Crippen molar-refractivity contribution < 1.29 is 34.2 Å². The molecule has 1 saturated heterocycles. The summed E-state index contributed by atoms with van der Waals surface area (Å²) >= 11 is 0. The van der Waals surface area contributed by atoms with Crippen LogP contribution >= 0.6 is 0 Å². The number of hydrogen-bond acceptors (Lipinski definition) is 9. The Hall–Kier alpha value is -3.11. The third kappa shape index (κ3) is 3.49. The van der Waals surface area contributed by atoms with Crippen LogP contribution in [0.2, 0.25) is 0 Å². The Balaban J connectivity index is 1.47. The number of carbonyl (C=O) groups is 5. The number of nitrogens with one attached hydrogen (secondary N) is 1. The lowest BCUT2D eigenvalue weighted by molar-refractivity contribution is -0.175. The standard InChI is InChI=1S/C25H29N3O7/c1-28-6-4-14(5-7-28)27-15-3-2-11-8-12-9-13-10-16(29)19(24(26)34)23(33)25(13,35)22(32)18(12)21(31)17(11)20(15)30/h2-3,12-14,18-19,27,30,35H,4-10H2,1H3,(H2,26,34)/t12-,13-,18?,19?,25-/m0/s1. The number of Topliss-reactive ketones (excluding diaryl/α,β-unsaturated/α-hetero) is 4. The lowest BCUT2D eigenvalue weighted by atomic mass is 9.54. The molecule has 1 aliphatic heterocycles. The first kappa shape index (κ1) is 23.6. The van der Waals surface area contributed by atoms with E-state index in [0.29, 0.717) is 11.3 Å². The molecule has 0 spiro atoms. The third-order valence-electron chi connectivity index (χ3n) is 8.35. The number of fused-ring (bicyclic) bond motifs is 3. The number of carbonyl (C=O) groups excluding carboxylic acids is 5. The highest BCUT2D eigenvalue weighted by Crippen LogP contribution is 2.50. The Morgan fingerprint density at radius 3 is 2.46 bits per heavy atom. The summed E-state index contributed by atoms with van der Waals surface area (Å²) in [6.07, 6.45) is 1.79. The van der Waals surface area contributed by atoms with Gasteiger partial charge in [0.05, 0.1) is 17.2 Å². The molecule has 1 aromatic carbocycles. The molecule has 5 rings (SSSR count). The molecule has 5 N–H and O–H groups in total. The van der Waals surface area contributed by atoms with Crippen molar-refractivity contribution >= 4 is 34.7 Å². The first-order valence-electron chi connectivity index (χ1n) is 12.0. The van der Waals surface area contributed by atoms with Gasteiger partial charge in [-0.25, -0.2) is 0 Å². The summed E-state index contributed by atoms with van der Waals surface area (Å²) in [7, 11) is 2.04. The van der Waals surface area contributed by atoms with Gasteiger partial charge >= 0.3 is 0 Å². The number of aromatic hydroxyl groups is 1. The fraction of sp³-hybridized carbons (Fsp3) is 0.560. The third-order valence-corrected chi connectivity index (χ3v) is 8.35. The molecule has 186 valence electrons. The lowest BCUT2D eigenvalue weighted by Crippen LogP contribution is -2.68. The Labute approximate surface area is 201 Å². The number of benzene rings is 1. The van der Waals surface area contributed by atoms with Crippen LogP contribution in [-0.4, -0.2) is 75.9 Å². The number of phenolic OH excluding ortho intramolecular Hbond substituents is 1. The Bertz CT molecular complexity index is 1160. The maximum absolute atomic E-state index is 13.6. The second-order valence-corrected chi connectivity index (χ2v) is 10.5. The van der Waals surface area contributed by atoms with Gasteiger partial charge in [-0.15, -0.1) is 0 Å². The molecule has 0 aromatic heterocycles. The van der Waals surface area contributed by atoms with Crippen LogP contribution in [0, 0.1) is 23.7 Å². The van der Waals surface area contributed by atoms with Crippen molar-refractivity contribution in [1.82, 2.24) is 4.90 Å². The maximum Gasteiger partial charge on any atom is 0.235 e. The summed E-state index contributed by atoms with van der Waals surface area (Å²) in [5, 5.41) is 25.6. The van der Waals surface area contributed by atoms with Crippen LogP contribution in [0.5, 0.6) is 5.75 Å². The number of primary amides is 1. The van der Waals surface area contributed by atoms with E-state index in [9.17, 15) is 34.2 Å². The summed E-state index contributed by atoms with van der Waals surface area (Å²) in [4.78, 5) is 66.4. The van der Waals surface area contributed by atoms with Gasteiger partial charge < -0.3 is 26.2 Å². The number of hydrogen-bond donors (Lipinski definition) is 4. The zero-order chi connectivity index (χ0) is 25.2. The minimum atomic E-state index is -2.62. The van der Waals surface area contributed by atoms with Crippen LogP contribution in [-0.2, 0) is 25.6 Å². The van der Waals surface area contributed by atoms with Gasteiger partial charge in [0.1, 0.15) is 5.75 Å². The predicted molar refractivity (Wildman–Crippen MR) is 123 cm³/mol. The number of aliphatic hydroxyl groups is 1. The first-order valence-corrected chi connectivity index (χ1v) is 12.0. The fourth-order valence-electron chi connectivity index (χ4n) is 6.43. The number of amides is 1. The van der Waals surface area contributed by atoms with E-state index in [4.69, 9.17) is 5.73 Å². The molecule has 1 amide bonds. The Morgan fingerprint density at radius 1 is 1.11 bits per heavy atom. The SMILES string of the molecule is CN1CCC(Nc2ccc3c(c2O)C(=O)C2C(=O)[C@]4(O)C(=O)C(C(N)=O)C(=O)C[C@@H]4C[C@@H]2C3)CC1. The van der Waals surface area contributed by atoms with Gasteiger partial charge in [0.15, 0.2) is 34.7 Å². The molecule has 2 saturated carbocycles. The van der Waals surface area contributed by atoms with Crippen LogP contribution in [0.1, 0.15) is 41.6 Å². The number of rotatable bonds is 3. The van der Waals surface area contributed by atoms with E-state index in [0.717, 1.165) is 25.9 Å². The van der Waals surface area contributed by atoms with E-state index in [1.807, 2.05) is 7.05 Å². The van der Waals surface area contributed by atoms with Gasteiger partial charge in [-0.05, 0) is 63.4 Å². The Kier molecular flexibility index (Phi) is 5.56. The zero-order valence-electron chi connectivity index (χ0n) is 19.5. The maximum atomic E-state index is 13.6. The van der Waals surface area contributed by atoms with E-state index in [1.54, 1.807) is 12.1 Å². The number of anilines is 1. The highest BCUT2D eigenvalue weighted by atomic mass is 16.3. The monoisotopic (exact) mass is 483 g/mol. The molecule has 5 atom stereocenters. The van der Waals surface area contributed by atoms with E-state index in [2.05, 4.69) is 10.2 Å². The largest absolute Gasteiger partial charge is 0.505 e. The molecular formula is C25H29N3O7. The van der Waals surface area contributed by atoms with Gasteiger partial charge in [-0.2, -0.15) is 0 Å². The minimum absolute atomic E-state index is 0.0189. The summed E-state index contributed by atoms with van der Waals surface area (Å²) in [6.45, 7) is 1.81. The van der Waals surface area contributed by atoms with Crippen LogP contribution in [0.25, 0.3) is 0 Å². The highest BCUT2D eigenvalue weighted by Gasteiger charge is 2.66. The molecule has 1 aromatic rings. The molecule has 0 radical (unpaired) electrons. The van der Waals surface area contributed by atoms with E-state index in [-0.39, 0.29) is 36.6 Å². The fourth-order valence-corrected chi connectivity index (χ4v) is 6.43. The number of phenols is 1. The number of nitrogens with zero attached hydrogens (tertiary/aromatic N) is 1. The molecule has 0 bridgehead atoms. The van der Waals surface area contributed by atoms with Crippen molar-refractivity contribution in [2.75, 3.05) is 25.5 Å². The molecular weight excluding hydrogens is 454 g/mol. The molecule has 3 aliphatic carbocycles. The topological polar surface area (TPSA) is 167 Å². The van der Waals surface area contributed by atoms with Crippen molar-refractivity contribution in [3.8, 4) is 5.75 Å². The smallest absolute Gasteiger partial charge is 0.235 e. The molecule has 1 heterocycles. The minimum Gasteiger partial charge on any atom is -0.505 e. The second kappa shape index (κ2) is 8.23.